The number of carboxylic acids is 1. The smallest absolute Gasteiger partial charge is 0.317 e. The maximum absolute atomic E-state index is 10.8. The molecule has 21 heavy (non-hydrogen) atoms. The molecule has 1 aromatic heterocycles. The van der Waals surface area contributed by atoms with Crippen LogP contribution in [0.3, 0.4) is 0 Å². The summed E-state index contributed by atoms with van der Waals surface area (Å²) >= 11 is 1.73. The maximum atomic E-state index is 10.8. The average molecular weight is 311 g/mol. The molecule has 1 saturated heterocycles. The lowest BCUT2D eigenvalue weighted by Gasteiger charge is -2.20. The van der Waals surface area contributed by atoms with Crippen molar-refractivity contribution in [2.75, 3.05) is 32.7 Å². The van der Waals surface area contributed by atoms with Crippen LogP contribution < -0.4 is 0 Å². The number of nitrogens with zero attached hydrogens (tertiary/aromatic N) is 3. The van der Waals surface area contributed by atoms with Gasteiger partial charge in [-0.05, 0) is 13.0 Å². The van der Waals surface area contributed by atoms with E-state index in [4.69, 9.17) is 10.1 Å². The second-order valence-corrected chi connectivity index (χ2v) is 7.62. The van der Waals surface area contributed by atoms with Crippen molar-refractivity contribution < 1.29 is 9.90 Å². The second-order valence-electron chi connectivity index (χ2n) is 6.68. The maximum Gasteiger partial charge on any atom is 0.317 e. The number of aromatic nitrogens is 1. The number of carboxylic acid groups (broad SMARTS) is 1. The van der Waals surface area contributed by atoms with Crippen LogP contribution in [0.4, 0.5) is 0 Å². The van der Waals surface area contributed by atoms with Crippen LogP contribution in [0.2, 0.25) is 0 Å². The van der Waals surface area contributed by atoms with Gasteiger partial charge in [0, 0.05) is 30.4 Å². The van der Waals surface area contributed by atoms with Gasteiger partial charge in [-0.15, -0.1) is 11.3 Å². The van der Waals surface area contributed by atoms with E-state index in [-0.39, 0.29) is 12.0 Å². The van der Waals surface area contributed by atoms with Gasteiger partial charge < -0.3 is 5.11 Å². The van der Waals surface area contributed by atoms with E-state index in [1.54, 1.807) is 11.3 Å². The molecule has 0 bridgehead atoms. The highest BCUT2D eigenvalue weighted by atomic mass is 32.1. The molecule has 5 nitrogen and oxygen atoms in total. The highest BCUT2D eigenvalue weighted by Crippen LogP contribution is 2.24. The minimum absolute atomic E-state index is 0.103. The van der Waals surface area contributed by atoms with Crippen molar-refractivity contribution in [2.24, 2.45) is 0 Å². The number of thiazole rings is 1. The number of rotatable bonds is 4. The first-order chi connectivity index (χ1) is 9.84. The zero-order valence-electron chi connectivity index (χ0n) is 13.1. The van der Waals surface area contributed by atoms with Crippen LogP contribution >= 0.6 is 11.3 Å². The van der Waals surface area contributed by atoms with Gasteiger partial charge in [0.2, 0.25) is 0 Å². The van der Waals surface area contributed by atoms with Crippen LogP contribution in [0, 0.1) is 0 Å². The Kier molecular flexibility index (Phi) is 5.35. The predicted molar refractivity (Wildman–Crippen MR) is 84.8 cm³/mol. The molecule has 1 N–H and O–H groups in total. The summed E-state index contributed by atoms with van der Waals surface area (Å²) in [6.07, 6.45) is 1.02. The molecular formula is C15H25N3O2S. The van der Waals surface area contributed by atoms with Gasteiger partial charge in [0.15, 0.2) is 0 Å². The molecule has 2 heterocycles. The van der Waals surface area contributed by atoms with E-state index in [1.807, 2.05) is 4.90 Å². The van der Waals surface area contributed by atoms with Gasteiger partial charge in [0.05, 0.1) is 18.8 Å². The topological polar surface area (TPSA) is 56.7 Å². The summed E-state index contributed by atoms with van der Waals surface area (Å²) in [5.74, 6) is -0.738. The van der Waals surface area contributed by atoms with Gasteiger partial charge in [-0.2, -0.15) is 0 Å². The van der Waals surface area contributed by atoms with Gasteiger partial charge in [-0.25, -0.2) is 4.98 Å². The number of hydrogen-bond donors (Lipinski definition) is 1. The molecule has 1 fully saturated rings. The molecule has 118 valence electrons. The van der Waals surface area contributed by atoms with Crippen molar-refractivity contribution >= 4 is 17.3 Å². The van der Waals surface area contributed by atoms with Gasteiger partial charge in [-0.3, -0.25) is 14.6 Å². The van der Waals surface area contributed by atoms with E-state index in [2.05, 4.69) is 31.1 Å². The largest absolute Gasteiger partial charge is 0.480 e. The van der Waals surface area contributed by atoms with E-state index < -0.39 is 5.97 Å². The Hall–Kier alpha value is -0.980. The minimum atomic E-state index is -0.738. The van der Waals surface area contributed by atoms with E-state index in [1.165, 1.54) is 0 Å². The first kappa shape index (κ1) is 16.4. The Morgan fingerprint density at radius 1 is 1.29 bits per heavy atom. The molecule has 0 aliphatic carbocycles. The van der Waals surface area contributed by atoms with Gasteiger partial charge in [0.25, 0.3) is 0 Å². The van der Waals surface area contributed by atoms with Crippen LogP contribution in [-0.2, 0) is 16.8 Å². The third-order valence-corrected chi connectivity index (χ3v) is 4.55. The van der Waals surface area contributed by atoms with Crippen molar-refractivity contribution in [1.29, 1.82) is 0 Å². The summed E-state index contributed by atoms with van der Waals surface area (Å²) in [5.41, 5.74) is 1.26. The quantitative estimate of drug-likeness (QED) is 0.922. The van der Waals surface area contributed by atoms with Crippen LogP contribution in [-0.4, -0.2) is 58.6 Å². The highest BCUT2D eigenvalue weighted by molar-refractivity contribution is 7.09. The van der Waals surface area contributed by atoms with Crippen molar-refractivity contribution in [3.05, 3.63) is 16.1 Å². The monoisotopic (exact) mass is 311 g/mol. The third-order valence-electron chi connectivity index (χ3n) is 3.72. The van der Waals surface area contributed by atoms with Gasteiger partial charge >= 0.3 is 5.97 Å². The lowest BCUT2D eigenvalue weighted by atomic mass is 9.93. The highest BCUT2D eigenvalue weighted by Gasteiger charge is 2.20. The van der Waals surface area contributed by atoms with Crippen LogP contribution in [0.15, 0.2) is 5.38 Å². The van der Waals surface area contributed by atoms with Crippen LogP contribution in [0.25, 0.3) is 0 Å². The number of hydrogen-bond acceptors (Lipinski definition) is 5. The molecule has 1 aliphatic rings. The molecule has 1 aromatic rings. The van der Waals surface area contributed by atoms with Crippen molar-refractivity contribution in [1.82, 2.24) is 14.8 Å². The fourth-order valence-corrected chi connectivity index (χ4v) is 3.51. The fraction of sp³-hybridized carbons (Fsp3) is 0.733. The summed E-state index contributed by atoms with van der Waals surface area (Å²) in [6, 6.07) is 0. The molecule has 0 spiro atoms. The Balaban J connectivity index is 1.89. The molecular weight excluding hydrogens is 286 g/mol. The molecule has 0 atom stereocenters. The first-order valence-electron chi connectivity index (χ1n) is 7.46. The average Bonchev–Trinajstić information content (AvgIpc) is 2.73. The predicted octanol–water partition coefficient (Wildman–Crippen LogP) is 2.03. The lowest BCUT2D eigenvalue weighted by molar-refractivity contribution is -0.138. The third kappa shape index (κ3) is 5.05. The van der Waals surface area contributed by atoms with E-state index in [0.29, 0.717) is 0 Å². The molecule has 0 saturated carbocycles. The zero-order valence-corrected chi connectivity index (χ0v) is 13.9. The number of carbonyl (C=O) groups is 1. The van der Waals surface area contributed by atoms with E-state index in [9.17, 15) is 4.79 Å². The Labute approximate surface area is 130 Å². The molecule has 0 aromatic carbocycles. The molecule has 6 heteroatoms. The van der Waals surface area contributed by atoms with Crippen LogP contribution in [0.1, 0.15) is 37.9 Å². The summed E-state index contributed by atoms with van der Waals surface area (Å²) in [6.45, 7) is 11.2. The Bertz CT molecular complexity index is 482. The summed E-state index contributed by atoms with van der Waals surface area (Å²) in [4.78, 5) is 19.9. The summed E-state index contributed by atoms with van der Waals surface area (Å²) < 4.78 is 0. The minimum Gasteiger partial charge on any atom is -0.480 e. The molecule has 1 aliphatic heterocycles. The standard InChI is InChI=1S/C15H25N3O2S/c1-15(2,3)12-11-21-13(16-12)9-17-5-4-6-18(8-7-17)10-14(19)20/h11H,4-10H2,1-3H3,(H,19,20). The first-order valence-corrected chi connectivity index (χ1v) is 8.34. The fourth-order valence-electron chi connectivity index (χ4n) is 2.45. The Morgan fingerprint density at radius 3 is 2.57 bits per heavy atom. The summed E-state index contributed by atoms with van der Waals surface area (Å²) in [7, 11) is 0. The molecule has 2 rings (SSSR count). The van der Waals surface area contributed by atoms with Gasteiger partial charge in [0.1, 0.15) is 5.01 Å². The van der Waals surface area contributed by atoms with Crippen molar-refractivity contribution in [3.8, 4) is 0 Å². The zero-order chi connectivity index (χ0) is 15.5. The molecule has 0 radical (unpaired) electrons. The van der Waals surface area contributed by atoms with Gasteiger partial charge in [-0.1, -0.05) is 20.8 Å². The number of aliphatic carboxylic acids is 1. The van der Waals surface area contributed by atoms with E-state index in [0.717, 1.165) is 49.8 Å². The van der Waals surface area contributed by atoms with E-state index >= 15 is 0 Å². The van der Waals surface area contributed by atoms with Crippen LogP contribution in [0.5, 0.6) is 0 Å². The van der Waals surface area contributed by atoms with Crippen molar-refractivity contribution in [2.45, 2.75) is 39.2 Å². The Morgan fingerprint density at radius 2 is 1.95 bits per heavy atom. The molecule has 0 amide bonds. The lowest BCUT2D eigenvalue weighted by Crippen LogP contribution is -2.34. The SMILES string of the molecule is CC(C)(C)c1csc(CN2CCCN(CC(=O)O)CC2)n1. The van der Waals surface area contributed by atoms with Crippen molar-refractivity contribution in [3.63, 3.8) is 0 Å². The normalized spacial score (nSPS) is 18.6. The summed E-state index contributed by atoms with van der Waals surface area (Å²) in [5, 5.41) is 12.2. The second kappa shape index (κ2) is 6.85. The molecule has 0 unspecified atom stereocenters.